The standard InChI is InChI=1S/C8H4F8N2O/c9-5(10)2-1-3(7(11,12)13)18-6(17)4(2)19-8(14,15)16/h1,5H,(H2,17,18). The van der Waals surface area contributed by atoms with Gasteiger partial charge in [0.2, 0.25) is 0 Å². The summed E-state index contributed by atoms with van der Waals surface area (Å²) in [4.78, 5) is 2.57. The molecule has 11 heteroatoms. The van der Waals surface area contributed by atoms with Gasteiger partial charge in [0.25, 0.3) is 6.43 Å². The molecule has 3 nitrogen and oxygen atoms in total. The largest absolute Gasteiger partial charge is 0.573 e. The first-order valence-corrected chi connectivity index (χ1v) is 4.33. The third kappa shape index (κ3) is 3.83. The van der Waals surface area contributed by atoms with Crippen LogP contribution in [0.4, 0.5) is 40.9 Å². The maximum absolute atomic E-state index is 12.5. The van der Waals surface area contributed by atoms with Crippen LogP contribution in [0.3, 0.4) is 0 Å². The fourth-order valence-electron chi connectivity index (χ4n) is 1.11. The summed E-state index contributed by atoms with van der Waals surface area (Å²) in [6.07, 6.45) is -14.2. The number of aromatic nitrogens is 1. The van der Waals surface area contributed by atoms with E-state index in [-0.39, 0.29) is 6.07 Å². The highest BCUT2D eigenvalue weighted by Crippen LogP contribution is 2.40. The third-order valence-corrected chi connectivity index (χ3v) is 1.77. The molecule has 1 aromatic heterocycles. The molecule has 108 valence electrons. The van der Waals surface area contributed by atoms with Crippen molar-refractivity contribution in [3.8, 4) is 5.75 Å². The molecule has 1 rings (SSSR count). The van der Waals surface area contributed by atoms with Gasteiger partial charge in [0.1, 0.15) is 5.69 Å². The second kappa shape index (κ2) is 4.70. The highest BCUT2D eigenvalue weighted by Gasteiger charge is 2.39. The predicted octanol–water partition coefficient (Wildman–Crippen LogP) is 3.52. The second-order valence-electron chi connectivity index (χ2n) is 3.16. The molecule has 0 atom stereocenters. The van der Waals surface area contributed by atoms with Crippen molar-refractivity contribution < 1.29 is 39.9 Å². The van der Waals surface area contributed by atoms with Gasteiger partial charge in [0.15, 0.2) is 11.6 Å². The summed E-state index contributed by atoms with van der Waals surface area (Å²) in [5.41, 5.74) is 1.31. The van der Waals surface area contributed by atoms with Crippen LogP contribution in [-0.2, 0) is 6.18 Å². The van der Waals surface area contributed by atoms with Crippen LogP contribution in [0, 0.1) is 0 Å². The Morgan fingerprint density at radius 1 is 1.11 bits per heavy atom. The Hall–Kier alpha value is -1.81. The van der Waals surface area contributed by atoms with E-state index < -0.39 is 41.8 Å². The Balaban J connectivity index is 3.40. The number of ether oxygens (including phenoxy) is 1. The van der Waals surface area contributed by atoms with Gasteiger partial charge in [-0.05, 0) is 6.07 Å². The minimum Gasteiger partial charge on any atom is -0.401 e. The zero-order valence-corrected chi connectivity index (χ0v) is 8.61. The molecule has 19 heavy (non-hydrogen) atoms. The fraction of sp³-hybridized carbons (Fsp3) is 0.375. The molecule has 0 radical (unpaired) electrons. The average molecular weight is 296 g/mol. The lowest BCUT2D eigenvalue weighted by Crippen LogP contribution is -2.21. The van der Waals surface area contributed by atoms with Crippen molar-refractivity contribution in [2.45, 2.75) is 19.0 Å². The number of rotatable bonds is 2. The molecule has 0 aliphatic heterocycles. The third-order valence-electron chi connectivity index (χ3n) is 1.77. The van der Waals surface area contributed by atoms with E-state index in [0.29, 0.717) is 0 Å². The van der Waals surface area contributed by atoms with Crippen molar-refractivity contribution in [2.24, 2.45) is 0 Å². The lowest BCUT2D eigenvalue weighted by Gasteiger charge is -2.16. The van der Waals surface area contributed by atoms with Gasteiger partial charge < -0.3 is 10.5 Å². The molecule has 0 spiro atoms. The number of nitrogens with two attached hydrogens (primary N) is 1. The van der Waals surface area contributed by atoms with Crippen LogP contribution in [0.2, 0.25) is 0 Å². The first-order valence-electron chi connectivity index (χ1n) is 4.33. The van der Waals surface area contributed by atoms with Crippen molar-refractivity contribution in [2.75, 3.05) is 5.73 Å². The van der Waals surface area contributed by atoms with Crippen molar-refractivity contribution in [3.05, 3.63) is 17.3 Å². The van der Waals surface area contributed by atoms with E-state index >= 15 is 0 Å². The quantitative estimate of drug-likeness (QED) is 0.849. The van der Waals surface area contributed by atoms with Crippen LogP contribution in [0.15, 0.2) is 6.07 Å². The molecule has 1 heterocycles. The summed E-state index contributed by atoms with van der Waals surface area (Å²) in [6, 6.07) is -0.248. The minimum atomic E-state index is -5.39. The van der Waals surface area contributed by atoms with Crippen LogP contribution < -0.4 is 10.5 Å². The van der Waals surface area contributed by atoms with E-state index in [2.05, 4.69) is 9.72 Å². The Kier molecular flexibility index (Phi) is 3.77. The van der Waals surface area contributed by atoms with Gasteiger partial charge >= 0.3 is 12.5 Å². The summed E-state index contributed by atoms with van der Waals surface area (Å²) < 4.78 is 101. The summed E-state index contributed by atoms with van der Waals surface area (Å²) in [7, 11) is 0. The number of pyridine rings is 1. The van der Waals surface area contributed by atoms with Gasteiger partial charge in [-0.2, -0.15) is 13.2 Å². The SMILES string of the molecule is Nc1nc(C(F)(F)F)cc(C(F)F)c1OC(F)(F)F. The van der Waals surface area contributed by atoms with Crippen molar-refractivity contribution in [1.29, 1.82) is 0 Å². The van der Waals surface area contributed by atoms with Crippen LogP contribution in [-0.4, -0.2) is 11.3 Å². The Morgan fingerprint density at radius 2 is 1.63 bits per heavy atom. The second-order valence-corrected chi connectivity index (χ2v) is 3.16. The number of hydrogen-bond acceptors (Lipinski definition) is 3. The number of nitrogens with zero attached hydrogens (tertiary/aromatic N) is 1. The van der Waals surface area contributed by atoms with Crippen molar-refractivity contribution in [3.63, 3.8) is 0 Å². The van der Waals surface area contributed by atoms with Gasteiger partial charge in [-0.3, -0.25) is 0 Å². The van der Waals surface area contributed by atoms with E-state index in [4.69, 9.17) is 5.73 Å². The van der Waals surface area contributed by atoms with Crippen LogP contribution in [0.25, 0.3) is 0 Å². The minimum absolute atomic E-state index is 0.248. The maximum Gasteiger partial charge on any atom is 0.573 e. The number of anilines is 1. The molecular weight excluding hydrogens is 292 g/mol. The molecule has 0 saturated carbocycles. The average Bonchev–Trinajstić information content (AvgIpc) is 2.16. The molecule has 0 saturated heterocycles. The molecule has 2 N–H and O–H groups in total. The van der Waals surface area contributed by atoms with E-state index in [0.717, 1.165) is 0 Å². The Bertz CT molecular complexity index is 467. The number of nitrogen functional groups attached to an aromatic ring is 1. The highest BCUT2D eigenvalue weighted by atomic mass is 19.4. The molecule has 1 aromatic rings. The lowest BCUT2D eigenvalue weighted by atomic mass is 10.2. The van der Waals surface area contributed by atoms with Crippen LogP contribution in [0.1, 0.15) is 17.7 Å². The summed E-state index contributed by atoms with van der Waals surface area (Å²) in [6.45, 7) is 0. The predicted molar refractivity (Wildman–Crippen MR) is 45.3 cm³/mol. The summed E-state index contributed by atoms with van der Waals surface area (Å²) in [5.74, 6) is -3.07. The summed E-state index contributed by atoms with van der Waals surface area (Å²) in [5, 5.41) is 0. The zero-order valence-electron chi connectivity index (χ0n) is 8.61. The fourth-order valence-corrected chi connectivity index (χ4v) is 1.11. The molecule has 0 amide bonds. The van der Waals surface area contributed by atoms with E-state index in [1.54, 1.807) is 0 Å². The monoisotopic (exact) mass is 296 g/mol. The van der Waals surface area contributed by atoms with E-state index in [1.165, 1.54) is 0 Å². The topological polar surface area (TPSA) is 48.1 Å². The van der Waals surface area contributed by atoms with Crippen LogP contribution >= 0.6 is 0 Å². The van der Waals surface area contributed by atoms with E-state index in [9.17, 15) is 35.1 Å². The van der Waals surface area contributed by atoms with Gasteiger partial charge in [-0.25, -0.2) is 13.8 Å². The zero-order chi connectivity index (χ0) is 15.0. The van der Waals surface area contributed by atoms with Crippen LogP contribution in [0.5, 0.6) is 5.75 Å². The maximum atomic E-state index is 12.5. The normalized spacial score (nSPS) is 12.9. The smallest absolute Gasteiger partial charge is 0.401 e. The van der Waals surface area contributed by atoms with Gasteiger partial charge in [0.05, 0.1) is 5.56 Å². The van der Waals surface area contributed by atoms with Gasteiger partial charge in [0, 0.05) is 0 Å². The van der Waals surface area contributed by atoms with Gasteiger partial charge in [-0.1, -0.05) is 0 Å². The molecule has 0 fully saturated rings. The Morgan fingerprint density at radius 3 is 2.00 bits per heavy atom. The number of alkyl halides is 8. The van der Waals surface area contributed by atoms with Crippen molar-refractivity contribution in [1.82, 2.24) is 4.98 Å². The molecule has 0 aliphatic carbocycles. The molecule has 0 bridgehead atoms. The Labute approximate surface area is 99.5 Å². The molecular formula is C8H4F8N2O. The first-order chi connectivity index (χ1) is 8.42. The van der Waals surface area contributed by atoms with E-state index in [1.807, 2.05) is 0 Å². The summed E-state index contributed by atoms with van der Waals surface area (Å²) >= 11 is 0. The number of halogens is 8. The highest BCUT2D eigenvalue weighted by molar-refractivity contribution is 5.53. The molecule has 0 aliphatic rings. The van der Waals surface area contributed by atoms with Gasteiger partial charge in [-0.15, -0.1) is 13.2 Å². The van der Waals surface area contributed by atoms with Crippen molar-refractivity contribution >= 4 is 5.82 Å². The molecule has 0 aromatic carbocycles. The number of hydrogen-bond donors (Lipinski definition) is 1. The molecule has 0 unspecified atom stereocenters. The first kappa shape index (κ1) is 15.2. The lowest BCUT2D eigenvalue weighted by molar-refractivity contribution is -0.275.